The van der Waals surface area contributed by atoms with E-state index in [1.807, 2.05) is 47.4 Å². The number of fused-ring (bicyclic) bond motifs is 1. The van der Waals surface area contributed by atoms with Gasteiger partial charge in [-0.1, -0.05) is 18.2 Å². The molecule has 0 unspecified atom stereocenters. The maximum absolute atomic E-state index is 4.43. The van der Waals surface area contributed by atoms with E-state index in [1.165, 1.54) is 11.1 Å². The number of azo groups is 1. The van der Waals surface area contributed by atoms with Crippen molar-refractivity contribution in [3.8, 4) is 11.3 Å². The summed E-state index contributed by atoms with van der Waals surface area (Å²) in [4.78, 5) is 4.35. The van der Waals surface area contributed by atoms with E-state index in [-0.39, 0.29) is 0 Å². The van der Waals surface area contributed by atoms with E-state index in [0.717, 1.165) is 29.9 Å². The third-order valence-electron chi connectivity index (χ3n) is 3.86. The van der Waals surface area contributed by atoms with Gasteiger partial charge in [0.15, 0.2) is 0 Å². The van der Waals surface area contributed by atoms with Crippen LogP contribution < -0.4 is 0 Å². The molecule has 1 aliphatic heterocycles. The molecule has 1 aliphatic rings. The van der Waals surface area contributed by atoms with Crippen molar-refractivity contribution in [1.29, 1.82) is 0 Å². The molecule has 0 amide bonds. The lowest BCUT2D eigenvalue weighted by atomic mass is 10.0. The minimum atomic E-state index is 0.698. The van der Waals surface area contributed by atoms with Crippen molar-refractivity contribution in [1.82, 2.24) is 14.8 Å². The molecular formula is C17H15N5. The van der Waals surface area contributed by atoms with Crippen LogP contribution in [0.3, 0.4) is 0 Å². The zero-order valence-electron chi connectivity index (χ0n) is 12.1. The highest BCUT2D eigenvalue weighted by molar-refractivity contribution is 5.56. The highest BCUT2D eigenvalue weighted by atomic mass is 15.3. The van der Waals surface area contributed by atoms with Gasteiger partial charge in [0.2, 0.25) is 0 Å². The van der Waals surface area contributed by atoms with Gasteiger partial charge in [-0.3, -0.25) is 9.67 Å². The second-order valence-electron chi connectivity index (χ2n) is 5.27. The first kappa shape index (κ1) is 12.9. The average molecular weight is 289 g/mol. The number of hydrogen-bond acceptors (Lipinski definition) is 4. The van der Waals surface area contributed by atoms with Gasteiger partial charge < -0.3 is 0 Å². The number of benzene rings is 1. The van der Waals surface area contributed by atoms with E-state index < -0.39 is 0 Å². The van der Waals surface area contributed by atoms with E-state index >= 15 is 0 Å². The lowest BCUT2D eigenvalue weighted by Gasteiger charge is -2.06. The van der Waals surface area contributed by atoms with Crippen molar-refractivity contribution in [2.45, 2.75) is 19.5 Å². The molecule has 0 aliphatic carbocycles. The summed E-state index contributed by atoms with van der Waals surface area (Å²) in [6, 6.07) is 12.1. The van der Waals surface area contributed by atoms with Crippen LogP contribution in [0, 0.1) is 0 Å². The van der Waals surface area contributed by atoms with Crippen molar-refractivity contribution in [2.24, 2.45) is 10.2 Å². The van der Waals surface area contributed by atoms with Crippen LogP contribution in [0.5, 0.6) is 0 Å². The molecule has 5 nitrogen and oxygen atoms in total. The van der Waals surface area contributed by atoms with Gasteiger partial charge in [0.05, 0.1) is 24.1 Å². The van der Waals surface area contributed by atoms with Crippen molar-refractivity contribution in [3.63, 3.8) is 0 Å². The Morgan fingerprint density at radius 2 is 2.09 bits per heavy atom. The molecule has 3 aromatic rings. The fraction of sp³-hybridized carbons (Fsp3) is 0.176. The molecule has 4 rings (SSSR count). The third-order valence-corrected chi connectivity index (χ3v) is 3.86. The Labute approximate surface area is 128 Å². The van der Waals surface area contributed by atoms with Crippen LogP contribution in [-0.2, 0) is 19.5 Å². The zero-order chi connectivity index (χ0) is 14.8. The van der Waals surface area contributed by atoms with Crippen LogP contribution in [-0.4, -0.2) is 14.8 Å². The summed E-state index contributed by atoms with van der Waals surface area (Å²) in [5.41, 5.74) is 5.56. The smallest absolute Gasteiger partial charge is 0.0906 e. The van der Waals surface area contributed by atoms with E-state index in [2.05, 4.69) is 26.4 Å². The van der Waals surface area contributed by atoms with Crippen LogP contribution in [0.25, 0.3) is 11.3 Å². The molecule has 0 atom stereocenters. The molecule has 0 spiro atoms. The molecule has 0 N–H and O–H groups in total. The third kappa shape index (κ3) is 2.41. The SMILES string of the molecule is c1ccc(-c2cnn(CCc3cccc4c3CN=N4)c2)nc1. The van der Waals surface area contributed by atoms with Gasteiger partial charge in [-0.15, -0.1) is 0 Å². The molecule has 5 heteroatoms. The Balaban J connectivity index is 1.49. The summed E-state index contributed by atoms with van der Waals surface area (Å²) >= 11 is 0. The molecule has 3 heterocycles. The fourth-order valence-corrected chi connectivity index (χ4v) is 2.70. The Hall–Kier alpha value is -2.82. The number of aromatic nitrogens is 3. The summed E-state index contributed by atoms with van der Waals surface area (Å²) in [6.07, 6.45) is 6.63. The van der Waals surface area contributed by atoms with Crippen LogP contribution in [0.15, 0.2) is 65.2 Å². The molecular weight excluding hydrogens is 274 g/mol. The van der Waals surface area contributed by atoms with Gasteiger partial charge in [0.25, 0.3) is 0 Å². The number of rotatable bonds is 4. The van der Waals surface area contributed by atoms with Crippen LogP contribution in [0.4, 0.5) is 5.69 Å². The second kappa shape index (κ2) is 5.52. The van der Waals surface area contributed by atoms with Crippen LogP contribution in [0.2, 0.25) is 0 Å². The van der Waals surface area contributed by atoms with Gasteiger partial charge in [-0.05, 0) is 30.2 Å². The quantitative estimate of drug-likeness (QED) is 0.733. The maximum atomic E-state index is 4.43. The second-order valence-corrected chi connectivity index (χ2v) is 5.27. The monoisotopic (exact) mass is 289 g/mol. The van der Waals surface area contributed by atoms with Crippen LogP contribution >= 0.6 is 0 Å². The fourth-order valence-electron chi connectivity index (χ4n) is 2.70. The summed E-state index contributed by atoms with van der Waals surface area (Å²) < 4.78 is 1.96. The van der Waals surface area contributed by atoms with Gasteiger partial charge in [-0.25, -0.2) is 0 Å². The van der Waals surface area contributed by atoms with Crippen molar-refractivity contribution in [3.05, 3.63) is 66.1 Å². The Bertz CT molecular complexity index is 820. The lowest BCUT2D eigenvalue weighted by molar-refractivity contribution is 0.613. The topological polar surface area (TPSA) is 55.4 Å². The van der Waals surface area contributed by atoms with Crippen molar-refractivity contribution >= 4 is 5.69 Å². The molecule has 108 valence electrons. The van der Waals surface area contributed by atoms with Gasteiger partial charge in [0.1, 0.15) is 0 Å². The van der Waals surface area contributed by atoms with E-state index in [9.17, 15) is 0 Å². The number of pyridine rings is 1. The predicted molar refractivity (Wildman–Crippen MR) is 83.8 cm³/mol. The zero-order valence-corrected chi connectivity index (χ0v) is 12.1. The van der Waals surface area contributed by atoms with E-state index in [4.69, 9.17) is 0 Å². The van der Waals surface area contributed by atoms with Crippen molar-refractivity contribution < 1.29 is 0 Å². The molecule has 0 saturated carbocycles. The minimum absolute atomic E-state index is 0.698. The van der Waals surface area contributed by atoms with Crippen molar-refractivity contribution in [2.75, 3.05) is 0 Å². The summed E-state index contributed by atoms with van der Waals surface area (Å²) in [6.45, 7) is 1.53. The number of aryl methyl sites for hydroxylation is 2. The molecule has 0 saturated heterocycles. The normalized spacial score (nSPS) is 12.5. The first-order chi connectivity index (χ1) is 10.9. The standard InChI is InChI=1S/C17H15N5/c1-2-8-18-16(5-1)14-10-20-22(12-14)9-7-13-4-3-6-17-15(13)11-19-21-17/h1-6,8,10,12H,7,9,11H2. The predicted octanol–water partition coefficient (Wildman–Crippen LogP) is 3.79. The highest BCUT2D eigenvalue weighted by Gasteiger charge is 2.12. The average Bonchev–Trinajstić information content (AvgIpc) is 3.23. The van der Waals surface area contributed by atoms with E-state index in [1.54, 1.807) is 6.20 Å². The number of nitrogens with zero attached hydrogens (tertiary/aromatic N) is 5. The summed E-state index contributed by atoms with van der Waals surface area (Å²) in [5, 5.41) is 12.7. The Morgan fingerprint density at radius 3 is 3.00 bits per heavy atom. The minimum Gasteiger partial charge on any atom is -0.272 e. The molecule has 2 aromatic heterocycles. The van der Waals surface area contributed by atoms with Gasteiger partial charge in [-0.2, -0.15) is 15.3 Å². The Morgan fingerprint density at radius 1 is 1.09 bits per heavy atom. The van der Waals surface area contributed by atoms with Crippen LogP contribution in [0.1, 0.15) is 11.1 Å². The van der Waals surface area contributed by atoms with Gasteiger partial charge in [0, 0.05) is 30.1 Å². The van der Waals surface area contributed by atoms with E-state index in [0.29, 0.717) is 6.54 Å². The summed E-state index contributed by atoms with van der Waals surface area (Å²) in [7, 11) is 0. The number of hydrogen-bond donors (Lipinski definition) is 0. The van der Waals surface area contributed by atoms with Gasteiger partial charge >= 0.3 is 0 Å². The first-order valence-corrected chi connectivity index (χ1v) is 7.32. The first-order valence-electron chi connectivity index (χ1n) is 7.32. The molecule has 0 fully saturated rings. The molecule has 1 aromatic carbocycles. The maximum Gasteiger partial charge on any atom is 0.0906 e. The lowest BCUT2D eigenvalue weighted by Crippen LogP contribution is -2.03. The molecule has 0 radical (unpaired) electrons. The highest BCUT2D eigenvalue weighted by Crippen LogP contribution is 2.29. The Kier molecular flexibility index (Phi) is 3.23. The largest absolute Gasteiger partial charge is 0.272 e. The molecule has 0 bridgehead atoms. The summed E-state index contributed by atoms with van der Waals surface area (Å²) in [5.74, 6) is 0. The molecule has 22 heavy (non-hydrogen) atoms.